The van der Waals surface area contributed by atoms with Gasteiger partial charge in [0.05, 0.1) is 12.7 Å². The zero-order chi connectivity index (χ0) is 11.5. The first kappa shape index (κ1) is 11.3. The van der Waals surface area contributed by atoms with E-state index in [0.717, 1.165) is 37.4 Å². The predicted octanol–water partition coefficient (Wildman–Crippen LogP) is 2.19. The predicted molar refractivity (Wildman–Crippen MR) is 67.8 cm³/mol. The first-order chi connectivity index (χ1) is 7.70. The Kier molecular flexibility index (Phi) is 3.34. The van der Waals surface area contributed by atoms with Crippen LogP contribution in [0.5, 0.6) is 0 Å². The normalized spacial score (nSPS) is 21.1. The molecule has 1 heterocycles. The van der Waals surface area contributed by atoms with Gasteiger partial charge in [-0.3, -0.25) is 0 Å². The molecule has 1 unspecified atom stereocenters. The molecule has 0 amide bonds. The maximum absolute atomic E-state index is 5.94. The molecule has 0 aromatic heterocycles. The molecule has 1 aromatic rings. The van der Waals surface area contributed by atoms with Crippen molar-refractivity contribution in [3.63, 3.8) is 0 Å². The molecule has 88 valence electrons. The van der Waals surface area contributed by atoms with Crippen molar-refractivity contribution in [3.8, 4) is 0 Å². The number of benzene rings is 1. The molecule has 0 aliphatic carbocycles. The van der Waals surface area contributed by atoms with Gasteiger partial charge in [0, 0.05) is 24.5 Å². The number of morpholine rings is 1. The highest BCUT2D eigenvalue weighted by atomic mass is 16.5. The molecule has 3 heteroatoms. The van der Waals surface area contributed by atoms with Crippen LogP contribution in [0.3, 0.4) is 0 Å². The van der Waals surface area contributed by atoms with Crippen molar-refractivity contribution in [3.05, 3.63) is 23.8 Å². The van der Waals surface area contributed by atoms with Crippen LogP contribution in [0.1, 0.15) is 18.9 Å². The van der Waals surface area contributed by atoms with Crippen molar-refractivity contribution >= 4 is 11.4 Å². The van der Waals surface area contributed by atoms with Crippen LogP contribution in [0.25, 0.3) is 0 Å². The lowest BCUT2D eigenvalue weighted by Gasteiger charge is -2.34. The fourth-order valence-electron chi connectivity index (χ4n) is 2.03. The van der Waals surface area contributed by atoms with Crippen LogP contribution >= 0.6 is 0 Å². The third-order valence-corrected chi connectivity index (χ3v) is 3.22. The minimum Gasteiger partial charge on any atom is -0.398 e. The van der Waals surface area contributed by atoms with Crippen molar-refractivity contribution in [2.75, 3.05) is 30.3 Å². The summed E-state index contributed by atoms with van der Waals surface area (Å²) in [6, 6.07) is 6.29. The van der Waals surface area contributed by atoms with Gasteiger partial charge >= 0.3 is 0 Å². The second-order valence-electron chi connectivity index (χ2n) is 4.39. The van der Waals surface area contributed by atoms with Crippen LogP contribution in [0.15, 0.2) is 18.2 Å². The summed E-state index contributed by atoms with van der Waals surface area (Å²) in [4.78, 5) is 2.35. The zero-order valence-electron chi connectivity index (χ0n) is 10.1. The highest BCUT2D eigenvalue weighted by molar-refractivity contribution is 5.59. The molecule has 0 bridgehead atoms. The summed E-state index contributed by atoms with van der Waals surface area (Å²) in [7, 11) is 0. The molecule has 1 atom stereocenters. The number of anilines is 2. The average Bonchev–Trinajstić information content (AvgIpc) is 2.33. The maximum Gasteiger partial charge on any atom is 0.0748 e. The number of nitrogen functional groups attached to an aromatic ring is 1. The zero-order valence-corrected chi connectivity index (χ0v) is 10.1. The molecule has 3 nitrogen and oxygen atoms in total. The van der Waals surface area contributed by atoms with E-state index >= 15 is 0 Å². The van der Waals surface area contributed by atoms with Gasteiger partial charge in [0.2, 0.25) is 0 Å². The molecule has 0 radical (unpaired) electrons. The Bertz CT molecular complexity index is 365. The summed E-state index contributed by atoms with van der Waals surface area (Å²) in [6.07, 6.45) is 1.42. The van der Waals surface area contributed by atoms with Gasteiger partial charge in [-0.1, -0.05) is 13.0 Å². The Balaban J connectivity index is 2.13. The fraction of sp³-hybridized carbons (Fsp3) is 0.538. The van der Waals surface area contributed by atoms with E-state index in [-0.39, 0.29) is 0 Å². The third-order valence-electron chi connectivity index (χ3n) is 3.22. The number of ether oxygens (including phenoxy) is 1. The lowest BCUT2D eigenvalue weighted by atomic mass is 10.1. The molecular weight excluding hydrogens is 200 g/mol. The molecule has 1 aromatic carbocycles. The monoisotopic (exact) mass is 220 g/mol. The van der Waals surface area contributed by atoms with Gasteiger partial charge < -0.3 is 15.4 Å². The molecule has 1 aliphatic heterocycles. The van der Waals surface area contributed by atoms with E-state index in [1.54, 1.807) is 0 Å². The smallest absolute Gasteiger partial charge is 0.0748 e. The summed E-state index contributed by atoms with van der Waals surface area (Å²) < 4.78 is 5.66. The minimum absolute atomic E-state index is 0.358. The van der Waals surface area contributed by atoms with E-state index in [4.69, 9.17) is 10.5 Å². The van der Waals surface area contributed by atoms with Crippen LogP contribution in [0, 0.1) is 6.92 Å². The maximum atomic E-state index is 5.94. The van der Waals surface area contributed by atoms with E-state index in [2.05, 4.69) is 30.0 Å². The number of nitrogens with zero attached hydrogens (tertiary/aromatic N) is 1. The lowest BCUT2D eigenvalue weighted by molar-refractivity contribution is 0.0384. The van der Waals surface area contributed by atoms with E-state index in [1.165, 1.54) is 5.69 Å². The molecule has 16 heavy (non-hydrogen) atoms. The highest BCUT2D eigenvalue weighted by Crippen LogP contribution is 2.23. The fourth-order valence-corrected chi connectivity index (χ4v) is 2.03. The quantitative estimate of drug-likeness (QED) is 0.776. The Morgan fingerprint density at radius 2 is 2.31 bits per heavy atom. The van der Waals surface area contributed by atoms with Crippen LogP contribution in [0.2, 0.25) is 0 Å². The van der Waals surface area contributed by atoms with Gasteiger partial charge in [-0.25, -0.2) is 0 Å². The first-order valence-corrected chi connectivity index (χ1v) is 5.93. The van der Waals surface area contributed by atoms with Crippen LogP contribution in [-0.2, 0) is 4.74 Å². The van der Waals surface area contributed by atoms with Crippen molar-refractivity contribution in [2.24, 2.45) is 0 Å². The van der Waals surface area contributed by atoms with Crippen molar-refractivity contribution < 1.29 is 4.74 Å². The molecule has 0 saturated carbocycles. The van der Waals surface area contributed by atoms with E-state index in [1.807, 2.05) is 6.92 Å². The van der Waals surface area contributed by atoms with Gasteiger partial charge in [0.1, 0.15) is 0 Å². The molecule has 1 saturated heterocycles. The third kappa shape index (κ3) is 2.30. The largest absolute Gasteiger partial charge is 0.398 e. The highest BCUT2D eigenvalue weighted by Gasteiger charge is 2.19. The van der Waals surface area contributed by atoms with Gasteiger partial charge in [-0.2, -0.15) is 0 Å². The second kappa shape index (κ2) is 4.74. The van der Waals surface area contributed by atoms with Crippen molar-refractivity contribution in [2.45, 2.75) is 26.4 Å². The summed E-state index contributed by atoms with van der Waals surface area (Å²) in [6.45, 7) is 6.94. The Morgan fingerprint density at radius 1 is 1.50 bits per heavy atom. The van der Waals surface area contributed by atoms with Crippen molar-refractivity contribution in [1.82, 2.24) is 0 Å². The van der Waals surface area contributed by atoms with Gasteiger partial charge in [-0.05, 0) is 31.0 Å². The van der Waals surface area contributed by atoms with Crippen molar-refractivity contribution in [1.29, 1.82) is 0 Å². The minimum atomic E-state index is 0.358. The number of rotatable bonds is 2. The Hall–Kier alpha value is -1.22. The van der Waals surface area contributed by atoms with E-state index < -0.39 is 0 Å². The van der Waals surface area contributed by atoms with Gasteiger partial charge in [0.15, 0.2) is 0 Å². The molecule has 2 N–H and O–H groups in total. The van der Waals surface area contributed by atoms with Crippen LogP contribution in [-0.4, -0.2) is 25.8 Å². The number of hydrogen-bond donors (Lipinski definition) is 1. The topological polar surface area (TPSA) is 38.5 Å². The van der Waals surface area contributed by atoms with Gasteiger partial charge in [-0.15, -0.1) is 0 Å². The summed E-state index contributed by atoms with van der Waals surface area (Å²) in [5.41, 5.74) is 9.16. The SMILES string of the molecule is CCC1CN(c2ccc(C)c(N)c2)CCO1. The average molecular weight is 220 g/mol. The summed E-state index contributed by atoms with van der Waals surface area (Å²) in [5.74, 6) is 0. The molecular formula is C13H20N2O. The number of aryl methyl sites for hydroxylation is 1. The van der Waals surface area contributed by atoms with Crippen LogP contribution in [0.4, 0.5) is 11.4 Å². The molecule has 1 fully saturated rings. The van der Waals surface area contributed by atoms with E-state index in [9.17, 15) is 0 Å². The standard InChI is InChI=1S/C13H20N2O/c1-3-12-9-15(6-7-16-12)11-5-4-10(2)13(14)8-11/h4-5,8,12H,3,6-7,9,14H2,1-2H3. The number of nitrogens with two attached hydrogens (primary N) is 1. The molecule has 0 spiro atoms. The summed E-state index contributed by atoms with van der Waals surface area (Å²) in [5, 5.41) is 0. The van der Waals surface area contributed by atoms with Gasteiger partial charge in [0.25, 0.3) is 0 Å². The molecule has 2 rings (SSSR count). The first-order valence-electron chi connectivity index (χ1n) is 5.93. The molecule has 1 aliphatic rings. The number of hydrogen-bond acceptors (Lipinski definition) is 3. The van der Waals surface area contributed by atoms with Crippen LogP contribution < -0.4 is 10.6 Å². The van der Waals surface area contributed by atoms with E-state index in [0.29, 0.717) is 6.10 Å². The Labute approximate surface area is 97.2 Å². The summed E-state index contributed by atoms with van der Waals surface area (Å²) >= 11 is 0. The lowest BCUT2D eigenvalue weighted by Crippen LogP contribution is -2.42. The Morgan fingerprint density at radius 3 is 3.00 bits per heavy atom. The second-order valence-corrected chi connectivity index (χ2v) is 4.39.